The quantitative estimate of drug-likeness (QED) is 0.128. The van der Waals surface area contributed by atoms with Crippen molar-refractivity contribution in [3.63, 3.8) is 0 Å². The maximum Gasteiger partial charge on any atom is 0.271 e. The lowest BCUT2D eigenvalue weighted by molar-refractivity contribution is 0.272. The molecule has 2 aromatic carbocycles. The van der Waals surface area contributed by atoms with Crippen LogP contribution < -0.4 is 19.7 Å². The summed E-state index contributed by atoms with van der Waals surface area (Å²) >= 11 is 2.71. The predicted octanol–water partition coefficient (Wildman–Crippen LogP) is 6.90. The predicted molar refractivity (Wildman–Crippen MR) is 214 cm³/mol. The van der Waals surface area contributed by atoms with Gasteiger partial charge in [-0.05, 0) is 48.2 Å². The Morgan fingerprint density at radius 1 is 0.981 bits per heavy atom. The molecule has 0 aliphatic carbocycles. The molecule has 1 saturated heterocycles. The summed E-state index contributed by atoms with van der Waals surface area (Å²) in [5.41, 5.74) is 5.43. The van der Waals surface area contributed by atoms with Crippen molar-refractivity contribution in [2.45, 2.75) is 30.9 Å². The highest BCUT2D eigenvalue weighted by atomic mass is 35.5. The van der Waals surface area contributed by atoms with Gasteiger partial charge < -0.3 is 15.0 Å². The molecule has 0 saturated carbocycles. The molecule has 12 nitrogen and oxygen atoms in total. The molecule has 2 N–H and O–H groups in total. The van der Waals surface area contributed by atoms with Crippen molar-refractivity contribution in [2.24, 2.45) is 0 Å². The molecule has 0 radical (unpaired) electrons. The molecule has 0 atom stereocenters. The van der Waals surface area contributed by atoms with Gasteiger partial charge in [-0.15, -0.1) is 35.1 Å². The molecule has 3 aromatic heterocycles. The second-order valence-electron chi connectivity index (χ2n) is 12.7. The minimum Gasteiger partial charge on any atom is -0.494 e. The molecule has 17 heteroatoms. The van der Waals surface area contributed by atoms with Crippen LogP contribution in [0.25, 0.3) is 21.8 Å². The third kappa shape index (κ3) is 9.40. The number of nitrogens with one attached hydrogen (secondary N) is 2. The number of hydrogen-bond donors (Lipinski definition) is 2. The number of halogens is 1. The fourth-order valence-electron chi connectivity index (χ4n) is 5.76. The molecule has 0 amide bonds. The minimum atomic E-state index is -3.71. The highest BCUT2D eigenvalue weighted by molar-refractivity contribution is 7.94. The van der Waals surface area contributed by atoms with Crippen molar-refractivity contribution in [3.8, 4) is 27.6 Å². The number of thiophene rings is 1. The molecule has 5 aromatic rings. The van der Waals surface area contributed by atoms with Crippen LogP contribution in [-0.4, -0.2) is 88.5 Å². The van der Waals surface area contributed by atoms with Gasteiger partial charge in [0.15, 0.2) is 0 Å². The van der Waals surface area contributed by atoms with Crippen molar-refractivity contribution in [1.82, 2.24) is 19.9 Å². The first-order valence-corrected chi connectivity index (χ1v) is 21.6. The van der Waals surface area contributed by atoms with Crippen LogP contribution in [-0.2, 0) is 19.9 Å². The molecular weight excluding hydrogens is 762 g/mol. The number of piperazine rings is 1. The van der Waals surface area contributed by atoms with Crippen molar-refractivity contribution in [2.75, 3.05) is 66.8 Å². The second kappa shape index (κ2) is 16.5. The van der Waals surface area contributed by atoms with E-state index in [1.54, 1.807) is 54.3 Å². The maximum absolute atomic E-state index is 12.9. The van der Waals surface area contributed by atoms with Crippen LogP contribution in [0, 0.1) is 6.92 Å². The van der Waals surface area contributed by atoms with E-state index in [4.69, 9.17) is 14.7 Å². The Morgan fingerprint density at radius 3 is 2.42 bits per heavy atom. The zero-order valence-corrected chi connectivity index (χ0v) is 33.6. The maximum atomic E-state index is 12.9. The van der Waals surface area contributed by atoms with Gasteiger partial charge in [0.1, 0.15) is 19.8 Å². The lowest BCUT2D eigenvalue weighted by Crippen LogP contribution is -2.47. The lowest BCUT2D eigenvalue weighted by atomic mass is 10.1. The van der Waals surface area contributed by atoms with Gasteiger partial charge in [-0.2, -0.15) is 0 Å². The van der Waals surface area contributed by atoms with E-state index in [1.807, 2.05) is 30.3 Å². The molecular formula is C35H42ClN7O5S4. The van der Waals surface area contributed by atoms with Crippen LogP contribution in [0.2, 0.25) is 0 Å². The van der Waals surface area contributed by atoms with E-state index in [0.29, 0.717) is 35.3 Å². The average molecular weight is 804 g/mol. The fraction of sp³-hybridized carbons (Fsp3) is 0.343. The van der Waals surface area contributed by atoms with E-state index >= 15 is 0 Å². The van der Waals surface area contributed by atoms with Gasteiger partial charge in [0, 0.05) is 74.1 Å². The largest absolute Gasteiger partial charge is 0.494 e. The van der Waals surface area contributed by atoms with Gasteiger partial charge in [-0.3, -0.25) is 9.62 Å². The summed E-state index contributed by atoms with van der Waals surface area (Å²) in [6.07, 6.45) is 2.98. The summed E-state index contributed by atoms with van der Waals surface area (Å²) in [6.45, 7) is 9.90. The van der Waals surface area contributed by atoms with E-state index in [2.05, 4.69) is 45.6 Å². The Labute approximate surface area is 319 Å². The standard InChI is InChI=1S/C35H41N7O5S4.ClH/c1-23(2)34-39-32(25-8-6-9-26(21-25)40-51(45,46)31-10-7-18-48-31)33(49-34)27-11-12-36-35(37-27)38-28-20-24(3)29(22-30(28)47-4)42-15-13-41(14-16-42)17-19-50(5,43)44;/h6-12,18,20-23,40H,13-17,19H2,1-5H3,(H,36,37,38);1H. The summed E-state index contributed by atoms with van der Waals surface area (Å²) in [4.78, 5) is 19.7. The van der Waals surface area contributed by atoms with Crippen molar-refractivity contribution >= 4 is 78.0 Å². The summed E-state index contributed by atoms with van der Waals surface area (Å²) in [6, 6.07) is 16.4. The topological polar surface area (TPSA) is 147 Å². The van der Waals surface area contributed by atoms with E-state index in [1.165, 1.54) is 6.26 Å². The van der Waals surface area contributed by atoms with E-state index in [-0.39, 0.29) is 28.3 Å². The number of hydrogen-bond acceptors (Lipinski definition) is 13. The molecule has 0 bridgehead atoms. The third-order valence-corrected chi connectivity index (χ3v) is 13.5. The number of sulfonamides is 1. The number of nitrogens with zero attached hydrogens (tertiary/aromatic N) is 5. The molecule has 1 aliphatic rings. The van der Waals surface area contributed by atoms with E-state index in [9.17, 15) is 16.8 Å². The number of aromatic nitrogens is 3. The van der Waals surface area contributed by atoms with Gasteiger partial charge in [-0.1, -0.05) is 32.0 Å². The van der Waals surface area contributed by atoms with Crippen LogP contribution in [0.5, 0.6) is 5.75 Å². The lowest BCUT2D eigenvalue weighted by Gasteiger charge is -2.37. The smallest absolute Gasteiger partial charge is 0.271 e. The molecule has 4 heterocycles. The fourth-order valence-corrected chi connectivity index (χ4v) is 9.45. The summed E-state index contributed by atoms with van der Waals surface area (Å²) < 4.78 is 57.9. The normalized spacial score (nSPS) is 13.9. The molecule has 278 valence electrons. The first-order chi connectivity index (χ1) is 24.3. The molecule has 0 unspecified atom stereocenters. The van der Waals surface area contributed by atoms with Crippen molar-refractivity contribution in [1.29, 1.82) is 0 Å². The van der Waals surface area contributed by atoms with Gasteiger partial charge in [-0.25, -0.2) is 31.8 Å². The monoisotopic (exact) mass is 803 g/mol. The van der Waals surface area contributed by atoms with Gasteiger partial charge in [0.05, 0.1) is 39.8 Å². The van der Waals surface area contributed by atoms with E-state index in [0.717, 1.165) is 69.9 Å². The number of benzene rings is 2. The summed E-state index contributed by atoms with van der Waals surface area (Å²) in [5.74, 6) is 1.37. The number of methoxy groups -OCH3 is 1. The molecule has 6 rings (SSSR count). The van der Waals surface area contributed by atoms with Gasteiger partial charge in [0.25, 0.3) is 10.0 Å². The van der Waals surface area contributed by atoms with Gasteiger partial charge >= 0.3 is 0 Å². The molecule has 1 fully saturated rings. The number of ether oxygens (including phenoxy) is 1. The van der Waals surface area contributed by atoms with Crippen molar-refractivity contribution < 1.29 is 21.6 Å². The Kier molecular flexibility index (Phi) is 12.5. The highest BCUT2D eigenvalue weighted by Crippen LogP contribution is 2.40. The number of sulfone groups is 1. The number of aryl methyl sites for hydroxylation is 1. The first-order valence-electron chi connectivity index (χ1n) is 16.4. The van der Waals surface area contributed by atoms with Crippen LogP contribution in [0.1, 0.15) is 30.3 Å². The third-order valence-electron chi connectivity index (χ3n) is 8.43. The van der Waals surface area contributed by atoms with Crippen molar-refractivity contribution in [3.05, 3.63) is 76.7 Å². The summed E-state index contributed by atoms with van der Waals surface area (Å²) in [7, 11) is -5.08. The molecule has 1 aliphatic heterocycles. The van der Waals surface area contributed by atoms with E-state index < -0.39 is 19.9 Å². The van der Waals surface area contributed by atoms with Crippen LogP contribution in [0.3, 0.4) is 0 Å². The van der Waals surface area contributed by atoms with Gasteiger partial charge in [0.2, 0.25) is 5.95 Å². The number of rotatable bonds is 13. The highest BCUT2D eigenvalue weighted by Gasteiger charge is 2.23. The SMILES string of the molecule is COc1cc(N2CCN(CCS(C)(=O)=O)CC2)c(C)cc1Nc1nccc(-c2sc(C(C)C)nc2-c2cccc(NS(=O)(=O)c3cccs3)c2)n1.Cl. The Hall–Kier alpha value is -3.80. The zero-order valence-electron chi connectivity index (χ0n) is 29.5. The second-order valence-corrected chi connectivity index (χ2v) is 18.8. The van der Waals surface area contributed by atoms with Crippen LogP contribution in [0.15, 0.2) is 70.4 Å². The van der Waals surface area contributed by atoms with Crippen LogP contribution >= 0.6 is 35.1 Å². The zero-order chi connectivity index (χ0) is 36.3. The Bertz CT molecular complexity index is 2220. The average Bonchev–Trinajstić information content (AvgIpc) is 3.80. The number of thiazole rings is 1. The Morgan fingerprint density at radius 2 is 1.75 bits per heavy atom. The Balaban J connectivity index is 0.00000523. The number of anilines is 4. The summed E-state index contributed by atoms with van der Waals surface area (Å²) in [5, 5.41) is 6.02. The minimum absolute atomic E-state index is 0. The molecule has 0 spiro atoms. The van der Waals surface area contributed by atoms with Crippen LogP contribution in [0.4, 0.5) is 23.0 Å². The molecule has 52 heavy (non-hydrogen) atoms. The first kappa shape index (κ1) is 39.4.